The summed E-state index contributed by atoms with van der Waals surface area (Å²) < 4.78 is 0. The first-order valence-corrected chi connectivity index (χ1v) is 5.64. The highest BCUT2D eigenvalue weighted by atomic mass is 16.4. The monoisotopic (exact) mass is 197 g/mol. The molecule has 0 heterocycles. The first-order chi connectivity index (χ1) is 6.72. The van der Waals surface area contributed by atoms with Crippen LogP contribution in [0.3, 0.4) is 0 Å². The Kier molecular flexibility index (Phi) is 2.77. The summed E-state index contributed by atoms with van der Waals surface area (Å²) in [6, 6.07) is 0. The molecule has 3 heteroatoms. The highest BCUT2D eigenvalue weighted by Crippen LogP contribution is 2.51. The molecule has 0 aromatic carbocycles. The lowest BCUT2D eigenvalue weighted by atomic mass is 9.86. The van der Waals surface area contributed by atoms with E-state index in [4.69, 9.17) is 10.8 Å². The molecule has 0 spiro atoms. The van der Waals surface area contributed by atoms with Gasteiger partial charge < -0.3 is 10.8 Å². The number of hydrogen-bond donors (Lipinski definition) is 2. The molecule has 2 fully saturated rings. The Labute approximate surface area is 84.7 Å². The molecule has 3 N–H and O–H groups in total. The molecule has 0 bridgehead atoms. The molecule has 3 unspecified atom stereocenters. The van der Waals surface area contributed by atoms with Crippen LogP contribution < -0.4 is 5.73 Å². The number of fused-ring (bicyclic) bond motifs is 1. The van der Waals surface area contributed by atoms with E-state index in [1.807, 2.05) is 0 Å². The molecule has 2 saturated carbocycles. The van der Waals surface area contributed by atoms with E-state index in [0.717, 1.165) is 18.3 Å². The van der Waals surface area contributed by atoms with Crippen molar-refractivity contribution in [1.29, 1.82) is 0 Å². The minimum atomic E-state index is -0.659. The topological polar surface area (TPSA) is 63.3 Å². The van der Waals surface area contributed by atoms with Crippen LogP contribution in [0.4, 0.5) is 0 Å². The molecule has 14 heavy (non-hydrogen) atoms. The van der Waals surface area contributed by atoms with Gasteiger partial charge in [0, 0.05) is 6.42 Å². The van der Waals surface area contributed by atoms with Crippen LogP contribution in [-0.4, -0.2) is 17.6 Å². The quantitative estimate of drug-likeness (QED) is 0.720. The lowest BCUT2D eigenvalue weighted by Gasteiger charge is -2.21. The molecule has 3 nitrogen and oxygen atoms in total. The fourth-order valence-corrected chi connectivity index (χ4v) is 3.66. The van der Waals surface area contributed by atoms with Crippen molar-refractivity contribution in [3.05, 3.63) is 0 Å². The van der Waals surface area contributed by atoms with Crippen molar-refractivity contribution in [3.8, 4) is 0 Å². The summed E-state index contributed by atoms with van der Waals surface area (Å²) in [7, 11) is 0. The summed E-state index contributed by atoms with van der Waals surface area (Å²) in [5.41, 5.74) is 5.76. The maximum atomic E-state index is 10.7. The zero-order valence-electron chi connectivity index (χ0n) is 8.48. The molecule has 0 aromatic rings. The maximum Gasteiger partial charge on any atom is 0.303 e. The molecule has 2 aliphatic carbocycles. The third-order valence-electron chi connectivity index (χ3n) is 4.19. The fourth-order valence-electron chi connectivity index (χ4n) is 3.66. The number of carboxylic acids is 1. The highest BCUT2D eigenvalue weighted by molar-refractivity contribution is 5.67. The van der Waals surface area contributed by atoms with Gasteiger partial charge in [-0.3, -0.25) is 4.79 Å². The number of rotatable bonds is 3. The smallest absolute Gasteiger partial charge is 0.303 e. The van der Waals surface area contributed by atoms with Gasteiger partial charge in [-0.25, -0.2) is 0 Å². The van der Waals surface area contributed by atoms with E-state index in [2.05, 4.69) is 0 Å². The summed E-state index contributed by atoms with van der Waals surface area (Å²) in [6.07, 6.45) is 5.35. The Morgan fingerprint density at radius 1 is 1.43 bits per heavy atom. The van der Waals surface area contributed by atoms with Crippen molar-refractivity contribution >= 4 is 5.97 Å². The van der Waals surface area contributed by atoms with E-state index in [0.29, 0.717) is 24.8 Å². The third-order valence-corrected chi connectivity index (χ3v) is 4.19. The van der Waals surface area contributed by atoms with E-state index in [-0.39, 0.29) is 0 Å². The van der Waals surface area contributed by atoms with Gasteiger partial charge in [0.05, 0.1) is 0 Å². The van der Waals surface area contributed by atoms with E-state index in [1.165, 1.54) is 19.3 Å². The van der Waals surface area contributed by atoms with E-state index >= 15 is 0 Å². The van der Waals surface area contributed by atoms with Gasteiger partial charge in [-0.15, -0.1) is 0 Å². The molecule has 0 aliphatic heterocycles. The van der Waals surface area contributed by atoms with Crippen LogP contribution in [0.2, 0.25) is 0 Å². The first-order valence-electron chi connectivity index (χ1n) is 5.64. The Balaban J connectivity index is 2.02. The van der Waals surface area contributed by atoms with Crippen LogP contribution in [0.25, 0.3) is 0 Å². The van der Waals surface area contributed by atoms with Crippen LogP contribution in [0.5, 0.6) is 0 Å². The van der Waals surface area contributed by atoms with Gasteiger partial charge in [-0.2, -0.15) is 0 Å². The summed E-state index contributed by atoms with van der Waals surface area (Å²) in [4.78, 5) is 10.7. The fraction of sp³-hybridized carbons (Fsp3) is 0.909. The molecule has 0 aromatic heterocycles. The van der Waals surface area contributed by atoms with Crippen molar-refractivity contribution in [2.75, 3.05) is 6.54 Å². The Bertz CT molecular complexity index is 229. The minimum Gasteiger partial charge on any atom is -0.481 e. The zero-order valence-corrected chi connectivity index (χ0v) is 8.48. The Morgan fingerprint density at radius 3 is 2.86 bits per heavy atom. The van der Waals surface area contributed by atoms with Gasteiger partial charge in [-0.1, -0.05) is 12.8 Å². The number of aliphatic carboxylic acids is 1. The van der Waals surface area contributed by atoms with Crippen LogP contribution in [0.1, 0.15) is 32.1 Å². The largest absolute Gasteiger partial charge is 0.481 e. The predicted octanol–water partition coefficient (Wildman–Crippen LogP) is 1.47. The van der Waals surface area contributed by atoms with Crippen molar-refractivity contribution in [2.24, 2.45) is 29.4 Å². The van der Waals surface area contributed by atoms with Crippen LogP contribution >= 0.6 is 0 Å². The Hall–Kier alpha value is -0.570. The average Bonchev–Trinajstić information content (AvgIpc) is 2.62. The summed E-state index contributed by atoms with van der Waals surface area (Å²) in [5.74, 6) is 1.71. The second kappa shape index (κ2) is 3.89. The lowest BCUT2D eigenvalue weighted by molar-refractivity contribution is -0.138. The van der Waals surface area contributed by atoms with Crippen LogP contribution in [0, 0.1) is 23.7 Å². The van der Waals surface area contributed by atoms with Crippen LogP contribution in [-0.2, 0) is 4.79 Å². The SMILES string of the molecule is NC[C@H]1C(CC(=O)O)CC2CCCC21. The number of carboxylic acid groups (broad SMARTS) is 1. The van der Waals surface area contributed by atoms with Gasteiger partial charge in [0.25, 0.3) is 0 Å². The first kappa shape index (κ1) is 9.97. The molecule has 0 saturated heterocycles. The van der Waals surface area contributed by atoms with E-state index in [9.17, 15) is 4.79 Å². The van der Waals surface area contributed by atoms with Crippen molar-refractivity contribution in [1.82, 2.24) is 0 Å². The molecule has 0 amide bonds. The van der Waals surface area contributed by atoms with Crippen molar-refractivity contribution < 1.29 is 9.90 Å². The molecular weight excluding hydrogens is 178 g/mol. The lowest BCUT2D eigenvalue weighted by Crippen LogP contribution is -2.25. The van der Waals surface area contributed by atoms with Gasteiger partial charge in [0.1, 0.15) is 0 Å². The maximum absolute atomic E-state index is 10.7. The highest BCUT2D eigenvalue weighted by Gasteiger charge is 2.44. The molecule has 80 valence electrons. The standard InChI is InChI=1S/C11H19NO2/c12-6-10-8(5-11(13)14)4-7-2-1-3-9(7)10/h7-10H,1-6,12H2,(H,13,14)/t7?,8?,9?,10-/m0/s1. The summed E-state index contributed by atoms with van der Waals surface area (Å²) >= 11 is 0. The average molecular weight is 197 g/mol. The number of hydrogen-bond acceptors (Lipinski definition) is 2. The van der Waals surface area contributed by atoms with Gasteiger partial charge >= 0.3 is 5.97 Å². The number of carbonyl (C=O) groups is 1. The van der Waals surface area contributed by atoms with E-state index < -0.39 is 5.97 Å². The normalized spacial score (nSPS) is 41.2. The molecule has 0 radical (unpaired) electrons. The van der Waals surface area contributed by atoms with Crippen LogP contribution in [0.15, 0.2) is 0 Å². The minimum absolute atomic E-state index is 0.328. The summed E-state index contributed by atoms with van der Waals surface area (Å²) in [5, 5.41) is 8.81. The zero-order chi connectivity index (χ0) is 10.1. The molecular formula is C11H19NO2. The Morgan fingerprint density at radius 2 is 2.21 bits per heavy atom. The predicted molar refractivity (Wildman–Crippen MR) is 53.7 cm³/mol. The summed E-state index contributed by atoms with van der Waals surface area (Å²) in [6.45, 7) is 0.680. The second-order valence-electron chi connectivity index (χ2n) is 4.85. The van der Waals surface area contributed by atoms with Gasteiger partial charge in [0.15, 0.2) is 0 Å². The number of nitrogens with two attached hydrogens (primary N) is 1. The molecule has 2 aliphatic rings. The molecule has 4 atom stereocenters. The van der Waals surface area contributed by atoms with Gasteiger partial charge in [0.2, 0.25) is 0 Å². The van der Waals surface area contributed by atoms with E-state index in [1.54, 1.807) is 0 Å². The third kappa shape index (κ3) is 1.65. The molecule has 2 rings (SSSR count). The van der Waals surface area contributed by atoms with Crippen molar-refractivity contribution in [3.63, 3.8) is 0 Å². The van der Waals surface area contributed by atoms with Gasteiger partial charge in [-0.05, 0) is 43.1 Å². The van der Waals surface area contributed by atoms with Crippen molar-refractivity contribution in [2.45, 2.75) is 32.1 Å². The second-order valence-corrected chi connectivity index (χ2v) is 4.85.